The van der Waals surface area contributed by atoms with Gasteiger partial charge in [0.15, 0.2) is 0 Å². The summed E-state index contributed by atoms with van der Waals surface area (Å²) in [6.45, 7) is 3.24. The van der Waals surface area contributed by atoms with E-state index in [0.29, 0.717) is 10.9 Å². The van der Waals surface area contributed by atoms with E-state index in [1.807, 2.05) is 17.0 Å². The van der Waals surface area contributed by atoms with Crippen molar-refractivity contribution in [2.45, 2.75) is 25.3 Å². The van der Waals surface area contributed by atoms with Crippen LogP contribution in [0.3, 0.4) is 0 Å². The summed E-state index contributed by atoms with van der Waals surface area (Å²) in [7, 11) is 0. The van der Waals surface area contributed by atoms with E-state index >= 15 is 0 Å². The van der Waals surface area contributed by atoms with Crippen molar-refractivity contribution in [2.24, 2.45) is 5.92 Å². The molecule has 23 heavy (non-hydrogen) atoms. The third kappa shape index (κ3) is 3.87. The van der Waals surface area contributed by atoms with Crippen molar-refractivity contribution in [2.75, 3.05) is 37.7 Å². The fourth-order valence-corrected chi connectivity index (χ4v) is 3.51. The van der Waals surface area contributed by atoms with Crippen LogP contribution in [0, 0.1) is 5.92 Å². The van der Waals surface area contributed by atoms with E-state index < -0.39 is 0 Å². The second kappa shape index (κ2) is 7.36. The molecule has 0 saturated carbocycles. The summed E-state index contributed by atoms with van der Waals surface area (Å²) in [5, 5.41) is 12.9. The molecule has 1 unspecified atom stereocenters. The van der Waals surface area contributed by atoms with E-state index in [2.05, 4.69) is 15.2 Å². The van der Waals surface area contributed by atoms with Gasteiger partial charge in [0.25, 0.3) is 0 Å². The first-order valence-corrected chi connectivity index (χ1v) is 8.57. The number of likely N-dealkylation sites (tertiary alicyclic amines) is 1. The fourth-order valence-electron chi connectivity index (χ4n) is 3.27. The lowest BCUT2D eigenvalue weighted by Gasteiger charge is -2.32. The van der Waals surface area contributed by atoms with Crippen LogP contribution in [-0.2, 0) is 0 Å². The number of carbonyl (C=O) groups is 1. The Labute approximate surface area is 141 Å². The first-order valence-electron chi connectivity index (χ1n) is 8.19. The van der Waals surface area contributed by atoms with E-state index in [4.69, 9.17) is 16.7 Å². The first-order chi connectivity index (χ1) is 11.2. The highest BCUT2D eigenvalue weighted by atomic mass is 35.5. The first kappa shape index (κ1) is 16.3. The molecule has 0 aliphatic carbocycles. The number of pyridine rings is 1. The summed E-state index contributed by atoms with van der Waals surface area (Å²) < 4.78 is 0. The maximum Gasteiger partial charge on any atom is 0.317 e. The molecule has 2 saturated heterocycles. The van der Waals surface area contributed by atoms with Crippen molar-refractivity contribution in [1.29, 1.82) is 0 Å². The fraction of sp³-hybridized carbons (Fsp3) is 0.625. The minimum absolute atomic E-state index is 0.000331. The average Bonchev–Trinajstić information content (AvgIpc) is 3.03. The van der Waals surface area contributed by atoms with Crippen LogP contribution in [0.1, 0.15) is 19.3 Å². The standard InChI is InChI=1S/C16H23ClN4O2/c17-14-2-1-6-18-15(14)21-9-5-13(10-21)19-16(23)20-7-3-12(11-22)4-8-20/h1-2,6,12-13,22H,3-5,7-11H2,(H,19,23). The monoisotopic (exact) mass is 338 g/mol. The van der Waals surface area contributed by atoms with Crippen molar-refractivity contribution in [3.63, 3.8) is 0 Å². The number of anilines is 1. The summed E-state index contributed by atoms with van der Waals surface area (Å²) in [4.78, 5) is 20.6. The van der Waals surface area contributed by atoms with Gasteiger partial charge < -0.3 is 20.2 Å². The van der Waals surface area contributed by atoms with Crippen LogP contribution in [0.15, 0.2) is 18.3 Å². The van der Waals surface area contributed by atoms with Gasteiger partial charge in [0.05, 0.1) is 5.02 Å². The summed E-state index contributed by atoms with van der Waals surface area (Å²) >= 11 is 6.19. The zero-order valence-corrected chi connectivity index (χ0v) is 13.9. The molecule has 6 nitrogen and oxygen atoms in total. The third-order valence-corrected chi connectivity index (χ3v) is 5.01. The number of amides is 2. The van der Waals surface area contributed by atoms with Crippen LogP contribution < -0.4 is 10.2 Å². The molecule has 0 bridgehead atoms. The molecule has 3 rings (SSSR count). The van der Waals surface area contributed by atoms with E-state index in [-0.39, 0.29) is 18.7 Å². The number of rotatable bonds is 3. The molecule has 0 spiro atoms. The number of aliphatic hydroxyl groups is 1. The molecule has 1 aromatic heterocycles. The molecule has 2 aliphatic heterocycles. The minimum atomic E-state index is 0.000331. The van der Waals surface area contributed by atoms with Crippen LogP contribution in [0.5, 0.6) is 0 Å². The van der Waals surface area contributed by atoms with Gasteiger partial charge in [-0.25, -0.2) is 9.78 Å². The highest BCUT2D eigenvalue weighted by molar-refractivity contribution is 6.32. The van der Waals surface area contributed by atoms with Crippen LogP contribution in [0.2, 0.25) is 5.02 Å². The number of hydrogen-bond donors (Lipinski definition) is 2. The highest BCUT2D eigenvalue weighted by Gasteiger charge is 2.28. The van der Waals surface area contributed by atoms with Crippen LogP contribution in [0.4, 0.5) is 10.6 Å². The normalized spacial score (nSPS) is 22.4. The molecule has 3 heterocycles. The predicted octanol–water partition coefficient (Wildman–Crippen LogP) is 1.73. The third-order valence-electron chi connectivity index (χ3n) is 4.71. The number of aliphatic hydroxyl groups excluding tert-OH is 1. The molecule has 2 N–H and O–H groups in total. The molecular weight excluding hydrogens is 316 g/mol. The second-order valence-corrected chi connectivity index (χ2v) is 6.71. The number of halogens is 1. The van der Waals surface area contributed by atoms with Gasteiger partial charge in [0, 0.05) is 45.0 Å². The molecule has 7 heteroatoms. The number of nitrogens with one attached hydrogen (secondary N) is 1. The van der Waals surface area contributed by atoms with Crippen molar-refractivity contribution < 1.29 is 9.90 Å². The Morgan fingerprint density at radius 2 is 2.13 bits per heavy atom. The lowest BCUT2D eigenvalue weighted by molar-refractivity contribution is 0.136. The SMILES string of the molecule is O=C(NC1CCN(c2ncccc2Cl)C1)N1CCC(CO)CC1. The van der Waals surface area contributed by atoms with E-state index in [1.165, 1.54) is 0 Å². The Morgan fingerprint density at radius 3 is 2.83 bits per heavy atom. The van der Waals surface area contributed by atoms with Crippen molar-refractivity contribution in [3.05, 3.63) is 23.4 Å². The zero-order chi connectivity index (χ0) is 16.2. The molecular formula is C16H23ClN4O2. The molecule has 1 atom stereocenters. The Bertz CT molecular complexity index is 549. The Kier molecular flexibility index (Phi) is 5.23. The largest absolute Gasteiger partial charge is 0.396 e. The van der Waals surface area contributed by atoms with Gasteiger partial charge in [-0.15, -0.1) is 0 Å². The molecule has 0 aromatic carbocycles. The smallest absolute Gasteiger partial charge is 0.317 e. The van der Waals surface area contributed by atoms with Gasteiger partial charge in [-0.05, 0) is 37.3 Å². The van der Waals surface area contributed by atoms with Crippen LogP contribution in [-0.4, -0.2) is 59.8 Å². The molecule has 2 aliphatic rings. The lowest BCUT2D eigenvalue weighted by Crippen LogP contribution is -2.48. The average molecular weight is 339 g/mol. The van der Waals surface area contributed by atoms with Gasteiger partial charge in [0.1, 0.15) is 5.82 Å². The minimum Gasteiger partial charge on any atom is -0.396 e. The van der Waals surface area contributed by atoms with Gasteiger partial charge in [-0.3, -0.25) is 0 Å². The van der Waals surface area contributed by atoms with Gasteiger partial charge in [0.2, 0.25) is 0 Å². The second-order valence-electron chi connectivity index (χ2n) is 6.30. The predicted molar refractivity (Wildman–Crippen MR) is 89.8 cm³/mol. The van der Waals surface area contributed by atoms with Crippen molar-refractivity contribution in [1.82, 2.24) is 15.2 Å². The molecule has 1 aromatic rings. The van der Waals surface area contributed by atoms with Gasteiger partial charge in [-0.1, -0.05) is 11.6 Å². The Hall–Kier alpha value is -1.53. The lowest BCUT2D eigenvalue weighted by atomic mass is 9.98. The number of hydrogen-bond acceptors (Lipinski definition) is 4. The van der Waals surface area contributed by atoms with Crippen LogP contribution in [0.25, 0.3) is 0 Å². The van der Waals surface area contributed by atoms with Gasteiger partial charge in [-0.2, -0.15) is 0 Å². The quantitative estimate of drug-likeness (QED) is 0.880. The number of nitrogens with zero attached hydrogens (tertiary/aromatic N) is 3. The summed E-state index contributed by atoms with van der Waals surface area (Å²) in [5.41, 5.74) is 0. The maximum atomic E-state index is 12.4. The van der Waals surface area contributed by atoms with Crippen molar-refractivity contribution in [3.8, 4) is 0 Å². The number of carbonyl (C=O) groups excluding carboxylic acids is 1. The number of urea groups is 1. The molecule has 2 fully saturated rings. The maximum absolute atomic E-state index is 12.4. The molecule has 0 radical (unpaired) electrons. The molecule has 2 amide bonds. The Balaban J connectivity index is 1.50. The van der Waals surface area contributed by atoms with Crippen molar-refractivity contribution >= 4 is 23.4 Å². The molecule has 126 valence electrons. The van der Waals surface area contributed by atoms with E-state index in [9.17, 15) is 4.79 Å². The number of aromatic nitrogens is 1. The number of piperidine rings is 1. The highest BCUT2D eigenvalue weighted by Crippen LogP contribution is 2.26. The Morgan fingerprint density at radius 1 is 1.35 bits per heavy atom. The zero-order valence-electron chi connectivity index (χ0n) is 13.1. The van der Waals surface area contributed by atoms with E-state index in [0.717, 1.165) is 51.3 Å². The summed E-state index contributed by atoms with van der Waals surface area (Å²) in [6.07, 6.45) is 4.39. The summed E-state index contributed by atoms with van der Waals surface area (Å²) in [6, 6.07) is 3.77. The summed E-state index contributed by atoms with van der Waals surface area (Å²) in [5.74, 6) is 1.13. The van der Waals surface area contributed by atoms with Gasteiger partial charge >= 0.3 is 6.03 Å². The topological polar surface area (TPSA) is 68.7 Å². The van der Waals surface area contributed by atoms with Crippen LogP contribution >= 0.6 is 11.6 Å². The van der Waals surface area contributed by atoms with E-state index in [1.54, 1.807) is 6.20 Å².